The van der Waals surface area contributed by atoms with E-state index in [0.29, 0.717) is 6.42 Å². The summed E-state index contributed by atoms with van der Waals surface area (Å²) in [5.41, 5.74) is 1.68. The maximum Gasteiger partial charge on any atom is 0.0677 e. The highest BCUT2D eigenvalue weighted by molar-refractivity contribution is 5.12. The highest BCUT2D eigenvalue weighted by Gasteiger charge is 2.32. The summed E-state index contributed by atoms with van der Waals surface area (Å²) in [5, 5.41) is 14.8. The molecule has 1 atom stereocenters. The van der Waals surface area contributed by atoms with E-state index in [1.54, 1.807) is 0 Å². The van der Waals surface area contributed by atoms with Crippen LogP contribution in [0.5, 0.6) is 0 Å². The largest absolute Gasteiger partial charge is 0.390 e. The molecule has 1 heterocycles. The van der Waals surface area contributed by atoms with Crippen LogP contribution in [-0.4, -0.2) is 20.5 Å². The second-order valence-electron chi connectivity index (χ2n) is 5.43. The Bertz CT molecular complexity index is 364. The van der Waals surface area contributed by atoms with Gasteiger partial charge in [0.2, 0.25) is 0 Å². The van der Waals surface area contributed by atoms with E-state index in [2.05, 4.69) is 18.1 Å². The molecule has 0 radical (unpaired) electrons. The third-order valence-electron chi connectivity index (χ3n) is 3.38. The highest BCUT2D eigenvalue weighted by Crippen LogP contribution is 2.37. The average Bonchev–Trinajstić information content (AvgIpc) is 2.91. The predicted molar refractivity (Wildman–Crippen MR) is 64.3 cm³/mol. The van der Waals surface area contributed by atoms with Gasteiger partial charge in [-0.1, -0.05) is 19.8 Å². The van der Waals surface area contributed by atoms with Gasteiger partial charge in [0.25, 0.3) is 0 Å². The molecule has 90 valence electrons. The van der Waals surface area contributed by atoms with E-state index in [1.807, 2.05) is 18.7 Å². The monoisotopic (exact) mass is 222 g/mol. The molecule has 0 spiro atoms. The van der Waals surface area contributed by atoms with Crippen LogP contribution in [0.3, 0.4) is 0 Å². The van der Waals surface area contributed by atoms with Gasteiger partial charge in [0.1, 0.15) is 0 Å². The zero-order valence-electron chi connectivity index (χ0n) is 10.5. The van der Waals surface area contributed by atoms with E-state index < -0.39 is 5.60 Å². The van der Waals surface area contributed by atoms with Crippen LogP contribution in [0, 0.1) is 5.92 Å². The number of rotatable bonds is 5. The lowest BCUT2D eigenvalue weighted by molar-refractivity contribution is 0.0437. The number of nitrogens with zero attached hydrogens (tertiary/aromatic N) is 2. The van der Waals surface area contributed by atoms with Gasteiger partial charge in [0.05, 0.1) is 11.3 Å². The van der Waals surface area contributed by atoms with E-state index in [4.69, 9.17) is 0 Å². The molecule has 0 saturated heterocycles. The van der Waals surface area contributed by atoms with Crippen molar-refractivity contribution >= 4 is 0 Å². The smallest absolute Gasteiger partial charge is 0.0677 e. The summed E-state index contributed by atoms with van der Waals surface area (Å²) in [5.74, 6) is 0.758. The Kier molecular flexibility index (Phi) is 3.06. The fourth-order valence-electron chi connectivity index (χ4n) is 2.32. The normalized spacial score (nSPS) is 19.8. The van der Waals surface area contributed by atoms with Gasteiger partial charge in [-0.15, -0.1) is 0 Å². The van der Waals surface area contributed by atoms with E-state index in [1.165, 1.54) is 12.8 Å². The van der Waals surface area contributed by atoms with Crippen LogP contribution in [0.15, 0.2) is 6.07 Å². The van der Waals surface area contributed by atoms with E-state index in [0.717, 1.165) is 30.1 Å². The predicted octanol–water partition coefficient (Wildman–Crippen LogP) is 2.08. The van der Waals surface area contributed by atoms with E-state index in [9.17, 15) is 5.11 Å². The minimum Gasteiger partial charge on any atom is -0.390 e. The van der Waals surface area contributed by atoms with Crippen molar-refractivity contribution in [2.75, 3.05) is 0 Å². The molecular formula is C13H22N2O. The molecule has 1 saturated carbocycles. The van der Waals surface area contributed by atoms with Crippen LogP contribution in [0.2, 0.25) is 0 Å². The SMILES string of the molecule is CCc1cc(CC(C)(O)CC2CC2)n(C)n1. The highest BCUT2D eigenvalue weighted by atomic mass is 16.3. The van der Waals surface area contributed by atoms with Crippen molar-refractivity contribution in [1.82, 2.24) is 9.78 Å². The maximum absolute atomic E-state index is 10.3. The molecule has 0 aliphatic heterocycles. The molecular weight excluding hydrogens is 200 g/mol. The van der Waals surface area contributed by atoms with Gasteiger partial charge >= 0.3 is 0 Å². The molecule has 2 rings (SSSR count). The Morgan fingerprint density at radius 3 is 2.75 bits per heavy atom. The van der Waals surface area contributed by atoms with Gasteiger partial charge < -0.3 is 5.11 Å². The fraction of sp³-hybridized carbons (Fsp3) is 0.769. The van der Waals surface area contributed by atoms with Crippen LogP contribution in [0.25, 0.3) is 0 Å². The van der Waals surface area contributed by atoms with Crippen molar-refractivity contribution in [1.29, 1.82) is 0 Å². The van der Waals surface area contributed by atoms with Crippen molar-refractivity contribution in [3.05, 3.63) is 17.5 Å². The minimum absolute atomic E-state index is 0.569. The van der Waals surface area contributed by atoms with Crippen molar-refractivity contribution in [3.8, 4) is 0 Å². The first kappa shape index (κ1) is 11.6. The zero-order chi connectivity index (χ0) is 11.8. The Labute approximate surface area is 97.5 Å². The number of aliphatic hydroxyl groups is 1. The number of hydrogen-bond donors (Lipinski definition) is 1. The standard InChI is InChI=1S/C13H22N2O/c1-4-11-7-12(15(3)14-11)9-13(2,16)8-10-5-6-10/h7,10,16H,4-6,8-9H2,1-3H3. The Morgan fingerprint density at radius 2 is 2.25 bits per heavy atom. The molecule has 1 unspecified atom stereocenters. The summed E-state index contributed by atoms with van der Waals surface area (Å²) in [4.78, 5) is 0. The number of aromatic nitrogens is 2. The van der Waals surface area contributed by atoms with Crippen LogP contribution >= 0.6 is 0 Å². The fourth-order valence-corrected chi connectivity index (χ4v) is 2.32. The molecule has 1 aromatic heterocycles. The quantitative estimate of drug-likeness (QED) is 0.828. The molecule has 16 heavy (non-hydrogen) atoms. The molecule has 1 aliphatic rings. The molecule has 1 aliphatic carbocycles. The lowest BCUT2D eigenvalue weighted by Gasteiger charge is -2.23. The first-order valence-electron chi connectivity index (χ1n) is 6.24. The van der Waals surface area contributed by atoms with E-state index in [-0.39, 0.29) is 0 Å². The van der Waals surface area contributed by atoms with Gasteiger partial charge in [0, 0.05) is 19.2 Å². The second-order valence-corrected chi connectivity index (χ2v) is 5.43. The van der Waals surface area contributed by atoms with Crippen LogP contribution < -0.4 is 0 Å². The van der Waals surface area contributed by atoms with E-state index >= 15 is 0 Å². The maximum atomic E-state index is 10.3. The third-order valence-corrected chi connectivity index (χ3v) is 3.38. The van der Waals surface area contributed by atoms with Gasteiger partial charge in [-0.2, -0.15) is 5.10 Å². The molecule has 1 fully saturated rings. The molecule has 0 aromatic carbocycles. The molecule has 1 aromatic rings. The topological polar surface area (TPSA) is 38.0 Å². The molecule has 3 heteroatoms. The summed E-state index contributed by atoms with van der Waals surface area (Å²) < 4.78 is 1.90. The first-order valence-corrected chi connectivity index (χ1v) is 6.24. The molecule has 3 nitrogen and oxygen atoms in total. The summed E-state index contributed by atoms with van der Waals surface area (Å²) in [6, 6.07) is 2.11. The van der Waals surface area contributed by atoms with Crippen molar-refractivity contribution < 1.29 is 5.11 Å². The van der Waals surface area contributed by atoms with Crippen LogP contribution in [0.4, 0.5) is 0 Å². The molecule has 1 N–H and O–H groups in total. The first-order chi connectivity index (χ1) is 7.50. The number of hydrogen-bond acceptors (Lipinski definition) is 2. The number of aryl methyl sites for hydroxylation is 2. The second kappa shape index (κ2) is 4.21. The summed E-state index contributed by atoms with van der Waals surface area (Å²) in [6.07, 6.45) is 5.19. The van der Waals surface area contributed by atoms with Gasteiger partial charge in [0.15, 0.2) is 0 Å². The van der Waals surface area contributed by atoms with Crippen LogP contribution in [-0.2, 0) is 19.9 Å². The zero-order valence-corrected chi connectivity index (χ0v) is 10.5. The Morgan fingerprint density at radius 1 is 1.56 bits per heavy atom. The molecule has 0 amide bonds. The average molecular weight is 222 g/mol. The molecule has 0 bridgehead atoms. The summed E-state index contributed by atoms with van der Waals surface area (Å²) in [6.45, 7) is 4.05. The van der Waals surface area contributed by atoms with Crippen molar-refractivity contribution in [2.45, 2.75) is 51.6 Å². The summed E-state index contributed by atoms with van der Waals surface area (Å²) >= 11 is 0. The van der Waals surface area contributed by atoms with Gasteiger partial charge in [-0.05, 0) is 31.7 Å². The summed E-state index contributed by atoms with van der Waals surface area (Å²) in [7, 11) is 1.96. The van der Waals surface area contributed by atoms with Crippen molar-refractivity contribution in [2.24, 2.45) is 13.0 Å². The van der Waals surface area contributed by atoms with Gasteiger partial charge in [-0.25, -0.2) is 0 Å². The lowest BCUT2D eigenvalue weighted by Crippen LogP contribution is -2.28. The van der Waals surface area contributed by atoms with Crippen LogP contribution in [0.1, 0.15) is 44.5 Å². The minimum atomic E-state index is -0.569. The third kappa shape index (κ3) is 2.85. The Hall–Kier alpha value is -0.830. The lowest BCUT2D eigenvalue weighted by atomic mass is 9.93. The Balaban J connectivity index is 2.03. The van der Waals surface area contributed by atoms with Crippen molar-refractivity contribution in [3.63, 3.8) is 0 Å². The van der Waals surface area contributed by atoms with Gasteiger partial charge in [-0.3, -0.25) is 4.68 Å².